The molecule has 0 spiro atoms. The second-order valence-electron chi connectivity index (χ2n) is 11.4. The van der Waals surface area contributed by atoms with Crippen molar-refractivity contribution in [1.82, 2.24) is 9.80 Å². The summed E-state index contributed by atoms with van der Waals surface area (Å²) < 4.78 is 35.8. The van der Waals surface area contributed by atoms with Crippen LogP contribution in [0.1, 0.15) is 45.1 Å². The zero-order chi connectivity index (χ0) is 27.5. The minimum absolute atomic E-state index is 0.318. The van der Waals surface area contributed by atoms with Crippen molar-refractivity contribution in [3.63, 3.8) is 0 Å². The molecular weight excluding hydrogens is 492 g/mol. The highest BCUT2D eigenvalue weighted by Crippen LogP contribution is 2.41. The lowest BCUT2D eigenvalue weighted by molar-refractivity contribution is -0.142. The molecule has 2 fully saturated rings. The third-order valence-electron chi connectivity index (χ3n) is 7.77. The number of nitrogens with two attached hydrogens (primary N) is 1. The van der Waals surface area contributed by atoms with Crippen LogP contribution in [-0.4, -0.2) is 83.5 Å². The summed E-state index contributed by atoms with van der Waals surface area (Å²) in [5.74, 6) is -1.42. The van der Waals surface area contributed by atoms with E-state index in [9.17, 15) is 19.1 Å². The van der Waals surface area contributed by atoms with Gasteiger partial charge in [-0.05, 0) is 87.9 Å². The van der Waals surface area contributed by atoms with Crippen LogP contribution in [0.2, 0.25) is 0 Å². The van der Waals surface area contributed by atoms with Gasteiger partial charge < -0.3 is 25.4 Å². The zero-order valence-electron chi connectivity index (χ0n) is 22.2. The van der Waals surface area contributed by atoms with Crippen molar-refractivity contribution in [2.45, 2.75) is 56.9 Å². The van der Waals surface area contributed by atoms with Gasteiger partial charge in [0, 0.05) is 13.1 Å². The Morgan fingerprint density at radius 3 is 2.45 bits per heavy atom. The first-order chi connectivity index (χ1) is 18.0. The molecule has 7 nitrogen and oxygen atoms in total. The molecule has 208 valence electrons. The molecule has 2 unspecified atom stereocenters. The van der Waals surface area contributed by atoms with Crippen LogP contribution in [0.15, 0.2) is 42.5 Å². The number of allylic oxidation sites excluding steroid dienone is 2. The number of alkyl halides is 2. The fraction of sp³-hybridized carbons (Fsp3) is 0.586. The van der Waals surface area contributed by atoms with Crippen LogP contribution in [0.25, 0.3) is 5.57 Å². The van der Waals surface area contributed by atoms with Crippen molar-refractivity contribution >= 4 is 17.4 Å². The Balaban J connectivity index is 1.42. The van der Waals surface area contributed by atoms with Crippen molar-refractivity contribution in [3.05, 3.63) is 48.1 Å². The average molecular weight is 532 g/mol. The summed E-state index contributed by atoms with van der Waals surface area (Å²) >= 11 is 0. The third-order valence-corrected chi connectivity index (χ3v) is 7.77. The number of aliphatic hydroxyl groups is 1. The fourth-order valence-corrected chi connectivity index (χ4v) is 5.80. The number of hydrogen-bond acceptors (Lipinski definition) is 5. The summed E-state index contributed by atoms with van der Waals surface area (Å²) in [5.41, 5.74) is 3.06. The molecule has 3 aliphatic rings. The van der Waals surface area contributed by atoms with Crippen molar-refractivity contribution < 1.29 is 28.2 Å². The molecular formula is C29H39F2N3O4. The maximum Gasteiger partial charge on any atom is 0.240 e. The molecule has 0 saturated carbocycles. The molecule has 1 aromatic carbocycles. The Morgan fingerprint density at radius 1 is 1.16 bits per heavy atom. The molecule has 3 N–H and O–H groups in total. The molecule has 3 atom stereocenters. The van der Waals surface area contributed by atoms with E-state index in [1.165, 1.54) is 17.1 Å². The molecule has 38 heavy (non-hydrogen) atoms. The Kier molecular flexibility index (Phi) is 8.57. The summed E-state index contributed by atoms with van der Waals surface area (Å²) in [5, 5.41) is 9.90. The predicted octanol–water partition coefficient (Wildman–Crippen LogP) is 3.27. The molecule has 4 rings (SSSR count). The average Bonchev–Trinajstić information content (AvgIpc) is 3.38. The smallest absolute Gasteiger partial charge is 0.240 e. The van der Waals surface area contributed by atoms with Crippen LogP contribution in [0.5, 0.6) is 5.75 Å². The first kappa shape index (κ1) is 28.2. The predicted molar refractivity (Wildman–Crippen MR) is 142 cm³/mol. The normalized spacial score (nSPS) is 26.9. The molecule has 0 radical (unpaired) electrons. The van der Waals surface area contributed by atoms with Crippen LogP contribution < -0.4 is 10.5 Å². The quantitative estimate of drug-likeness (QED) is 0.510. The van der Waals surface area contributed by atoms with E-state index in [1.807, 2.05) is 0 Å². The van der Waals surface area contributed by atoms with Crippen LogP contribution in [-0.2, 0) is 9.59 Å². The monoisotopic (exact) mass is 531 g/mol. The summed E-state index contributed by atoms with van der Waals surface area (Å²) in [7, 11) is 0. The van der Waals surface area contributed by atoms with Crippen LogP contribution >= 0.6 is 0 Å². The van der Waals surface area contributed by atoms with Gasteiger partial charge in [-0.15, -0.1) is 0 Å². The SMILES string of the molecule is CC(C)(F)CN1CCC(COc2ccc(C3=CC=CC(F)(CO)C3C(=O)N3CCC[C@H]3C(N)=O)cc2)CC1. The number of nitrogens with zero attached hydrogens (tertiary/aromatic N) is 2. The lowest BCUT2D eigenvalue weighted by Crippen LogP contribution is -2.52. The second-order valence-corrected chi connectivity index (χ2v) is 11.4. The van der Waals surface area contributed by atoms with E-state index >= 15 is 4.39 Å². The minimum atomic E-state index is -2.30. The maximum atomic E-state index is 15.9. The summed E-state index contributed by atoms with van der Waals surface area (Å²) in [6.45, 7) is 5.35. The van der Waals surface area contributed by atoms with Crippen molar-refractivity contribution in [2.24, 2.45) is 17.6 Å². The topological polar surface area (TPSA) is 96.1 Å². The van der Waals surface area contributed by atoms with Crippen molar-refractivity contribution in [2.75, 3.05) is 39.4 Å². The summed E-state index contributed by atoms with van der Waals surface area (Å²) in [6, 6.07) is 6.36. The Hall–Kier alpha value is -2.78. The molecule has 0 bridgehead atoms. The lowest BCUT2D eigenvalue weighted by atomic mass is 9.76. The van der Waals surface area contributed by atoms with E-state index in [2.05, 4.69) is 4.90 Å². The van der Waals surface area contributed by atoms with Gasteiger partial charge in [-0.3, -0.25) is 9.59 Å². The third kappa shape index (κ3) is 6.43. The van der Waals surface area contributed by atoms with E-state index < -0.39 is 41.7 Å². The van der Waals surface area contributed by atoms with Gasteiger partial charge in [-0.1, -0.05) is 24.3 Å². The number of rotatable bonds is 9. The number of primary amides is 1. The molecule has 2 aliphatic heterocycles. The van der Waals surface area contributed by atoms with Crippen molar-refractivity contribution in [3.8, 4) is 5.75 Å². The standard InChI is InChI=1S/C29H39F2N3O4/c1-28(2,30)18-33-15-11-20(12-16-33)17-38-22-9-7-21(8-10-22)23-5-3-13-29(31,19-35)25(23)27(37)34-14-4-6-24(34)26(32)36/h3,5,7-10,13,20,24-25,35H,4,6,11-12,14-19H2,1-2H3,(H2,32,36)/t24-,25?,29?/m0/s1. The Morgan fingerprint density at radius 2 is 1.84 bits per heavy atom. The molecule has 1 aromatic rings. The van der Waals surface area contributed by atoms with Gasteiger partial charge in [0.25, 0.3) is 0 Å². The minimum Gasteiger partial charge on any atom is -0.493 e. The number of aliphatic hydroxyl groups excluding tert-OH is 1. The van der Waals surface area contributed by atoms with Crippen LogP contribution in [0.3, 0.4) is 0 Å². The van der Waals surface area contributed by atoms with Gasteiger partial charge in [0.1, 0.15) is 23.4 Å². The maximum absolute atomic E-state index is 15.9. The van der Waals surface area contributed by atoms with Gasteiger partial charge >= 0.3 is 0 Å². The number of carbonyl (C=O) groups is 2. The summed E-state index contributed by atoms with van der Waals surface area (Å²) in [4.78, 5) is 29.0. The number of likely N-dealkylation sites (tertiary alicyclic amines) is 2. The van der Waals surface area contributed by atoms with E-state index in [-0.39, 0.29) is 0 Å². The van der Waals surface area contributed by atoms with E-state index in [0.29, 0.717) is 55.3 Å². The summed E-state index contributed by atoms with van der Waals surface area (Å²) in [6.07, 6.45) is 7.32. The van der Waals surface area contributed by atoms with Crippen LogP contribution in [0.4, 0.5) is 8.78 Å². The number of carbonyl (C=O) groups excluding carboxylic acids is 2. The number of amides is 2. The second kappa shape index (κ2) is 11.5. The van der Waals surface area contributed by atoms with E-state index in [0.717, 1.165) is 25.9 Å². The van der Waals surface area contributed by atoms with Crippen molar-refractivity contribution in [1.29, 1.82) is 0 Å². The highest BCUT2D eigenvalue weighted by Gasteiger charge is 2.49. The zero-order valence-corrected chi connectivity index (χ0v) is 22.2. The number of halogens is 2. The molecule has 1 aliphatic carbocycles. The van der Waals surface area contributed by atoms with Gasteiger partial charge in [-0.25, -0.2) is 8.78 Å². The highest BCUT2D eigenvalue weighted by atomic mass is 19.1. The molecule has 9 heteroatoms. The first-order valence-corrected chi connectivity index (χ1v) is 13.4. The number of ether oxygens (including phenoxy) is 1. The highest BCUT2D eigenvalue weighted by molar-refractivity contribution is 5.97. The van der Waals surface area contributed by atoms with Gasteiger partial charge in [0.2, 0.25) is 11.8 Å². The molecule has 2 amide bonds. The Bertz CT molecular complexity index is 1060. The van der Waals surface area contributed by atoms with Gasteiger partial charge in [-0.2, -0.15) is 0 Å². The Labute approximate surface area is 223 Å². The fourth-order valence-electron chi connectivity index (χ4n) is 5.80. The molecule has 0 aromatic heterocycles. The lowest BCUT2D eigenvalue weighted by Gasteiger charge is -2.37. The first-order valence-electron chi connectivity index (χ1n) is 13.4. The number of piperidine rings is 1. The number of hydrogen-bond donors (Lipinski definition) is 2. The number of benzene rings is 1. The van der Waals surface area contributed by atoms with Gasteiger partial charge in [0.15, 0.2) is 5.67 Å². The molecule has 2 heterocycles. The van der Waals surface area contributed by atoms with Crippen LogP contribution in [0, 0.1) is 11.8 Å². The van der Waals surface area contributed by atoms with Gasteiger partial charge in [0.05, 0.1) is 13.2 Å². The van der Waals surface area contributed by atoms with E-state index in [1.54, 1.807) is 44.2 Å². The molecule has 2 saturated heterocycles. The largest absolute Gasteiger partial charge is 0.493 e. The van der Waals surface area contributed by atoms with E-state index in [4.69, 9.17) is 10.5 Å².